The van der Waals surface area contributed by atoms with Crippen LogP contribution in [0.4, 0.5) is 9.59 Å². The Morgan fingerprint density at radius 2 is 2.06 bits per heavy atom. The van der Waals surface area contributed by atoms with Crippen molar-refractivity contribution in [3.8, 4) is 0 Å². The monoisotopic (exact) mass is 255 g/mol. The molecule has 0 aromatic carbocycles. The predicted molar refractivity (Wildman–Crippen MR) is 66.3 cm³/mol. The third-order valence-electron chi connectivity index (χ3n) is 3.29. The van der Waals surface area contributed by atoms with Crippen molar-refractivity contribution in [1.82, 2.24) is 15.1 Å². The zero-order valence-corrected chi connectivity index (χ0v) is 11.4. The minimum atomic E-state index is -0.487. The maximum atomic E-state index is 12.0. The standard InChI is InChI=1S/C12H21N3O3/c1-11(2,3)18-10(17)14-5-6-15-9(16)13-7-12(15,4)8-14/h5-8H2,1-4H3,(H,13,16). The summed E-state index contributed by atoms with van der Waals surface area (Å²) < 4.78 is 5.36. The summed E-state index contributed by atoms with van der Waals surface area (Å²) in [6.45, 7) is 9.71. The molecule has 1 atom stereocenters. The van der Waals surface area contributed by atoms with Crippen molar-refractivity contribution in [3.05, 3.63) is 0 Å². The highest BCUT2D eigenvalue weighted by Crippen LogP contribution is 2.26. The highest BCUT2D eigenvalue weighted by atomic mass is 16.6. The highest BCUT2D eigenvalue weighted by molar-refractivity contribution is 5.79. The van der Waals surface area contributed by atoms with Crippen molar-refractivity contribution >= 4 is 12.1 Å². The Kier molecular flexibility index (Phi) is 2.91. The molecule has 18 heavy (non-hydrogen) atoms. The Balaban J connectivity index is 2.03. The van der Waals surface area contributed by atoms with E-state index >= 15 is 0 Å². The molecular weight excluding hydrogens is 234 g/mol. The fraction of sp³-hybridized carbons (Fsp3) is 0.833. The van der Waals surface area contributed by atoms with Gasteiger partial charge in [0.05, 0.1) is 5.54 Å². The summed E-state index contributed by atoms with van der Waals surface area (Å²) in [4.78, 5) is 27.1. The van der Waals surface area contributed by atoms with Gasteiger partial charge in [-0.1, -0.05) is 0 Å². The Morgan fingerprint density at radius 1 is 1.39 bits per heavy atom. The van der Waals surface area contributed by atoms with Crippen molar-refractivity contribution in [2.24, 2.45) is 0 Å². The SMILES string of the molecule is CC(C)(C)OC(=O)N1CCN2C(=O)NCC2(C)C1. The van der Waals surface area contributed by atoms with Gasteiger partial charge in [0.25, 0.3) is 0 Å². The average molecular weight is 255 g/mol. The highest BCUT2D eigenvalue weighted by Gasteiger charge is 2.46. The Hall–Kier alpha value is -1.46. The Bertz CT molecular complexity index is 377. The molecule has 2 rings (SSSR count). The molecule has 6 heteroatoms. The quantitative estimate of drug-likeness (QED) is 0.703. The number of hydrogen-bond acceptors (Lipinski definition) is 3. The molecule has 0 aromatic rings. The van der Waals surface area contributed by atoms with Crippen LogP contribution in [0.1, 0.15) is 27.7 Å². The van der Waals surface area contributed by atoms with Crippen LogP contribution in [0.3, 0.4) is 0 Å². The normalized spacial score (nSPS) is 27.9. The van der Waals surface area contributed by atoms with E-state index in [0.29, 0.717) is 26.2 Å². The van der Waals surface area contributed by atoms with Crippen LogP contribution in [-0.4, -0.2) is 59.2 Å². The molecule has 2 saturated heterocycles. The van der Waals surface area contributed by atoms with Crippen LogP contribution in [0.15, 0.2) is 0 Å². The molecule has 2 fully saturated rings. The second-order valence-corrected chi connectivity index (χ2v) is 6.21. The summed E-state index contributed by atoms with van der Waals surface area (Å²) in [5.74, 6) is 0. The van der Waals surface area contributed by atoms with Gasteiger partial charge >= 0.3 is 12.1 Å². The number of carbonyl (C=O) groups excluding carboxylic acids is 2. The zero-order chi connectivity index (χ0) is 13.6. The molecule has 2 aliphatic heterocycles. The molecule has 102 valence electrons. The fourth-order valence-corrected chi connectivity index (χ4v) is 2.41. The number of nitrogens with zero attached hydrogens (tertiary/aromatic N) is 2. The van der Waals surface area contributed by atoms with Gasteiger partial charge in [-0.15, -0.1) is 0 Å². The van der Waals surface area contributed by atoms with E-state index in [1.807, 2.05) is 27.7 Å². The maximum Gasteiger partial charge on any atom is 0.410 e. The number of ether oxygens (including phenoxy) is 1. The van der Waals surface area contributed by atoms with Crippen LogP contribution in [-0.2, 0) is 4.74 Å². The number of fused-ring (bicyclic) bond motifs is 1. The lowest BCUT2D eigenvalue weighted by molar-refractivity contribution is 0.000583. The van der Waals surface area contributed by atoms with Crippen molar-refractivity contribution < 1.29 is 14.3 Å². The Labute approximate surface area is 107 Å². The second-order valence-electron chi connectivity index (χ2n) is 6.21. The molecule has 2 aliphatic rings. The topological polar surface area (TPSA) is 61.9 Å². The molecule has 1 unspecified atom stereocenters. The van der Waals surface area contributed by atoms with Gasteiger partial charge < -0.3 is 19.9 Å². The molecule has 3 amide bonds. The summed E-state index contributed by atoms with van der Waals surface area (Å²) in [7, 11) is 0. The van der Waals surface area contributed by atoms with E-state index in [4.69, 9.17) is 4.74 Å². The van der Waals surface area contributed by atoms with Gasteiger partial charge in [-0.25, -0.2) is 9.59 Å². The van der Waals surface area contributed by atoms with E-state index < -0.39 is 5.60 Å². The first-order valence-corrected chi connectivity index (χ1v) is 6.25. The molecule has 0 radical (unpaired) electrons. The van der Waals surface area contributed by atoms with Crippen LogP contribution in [0.2, 0.25) is 0 Å². The number of nitrogens with one attached hydrogen (secondary N) is 1. The average Bonchev–Trinajstić information content (AvgIpc) is 2.52. The largest absolute Gasteiger partial charge is 0.444 e. The van der Waals surface area contributed by atoms with Crippen molar-refractivity contribution in [2.45, 2.75) is 38.8 Å². The van der Waals surface area contributed by atoms with Gasteiger partial charge in [-0.05, 0) is 27.7 Å². The van der Waals surface area contributed by atoms with Crippen LogP contribution >= 0.6 is 0 Å². The molecule has 1 N–H and O–H groups in total. The predicted octanol–water partition coefficient (Wildman–Crippen LogP) is 1.02. The number of carbonyl (C=O) groups is 2. The lowest BCUT2D eigenvalue weighted by Crippen LogP contribution is -2.61. The number of piperazine rings is 1. The minimum Gasteiger partial charge on any atom is -0.444 e. The first-order valence-electron chi connectivity index (χ1n) is 6.25. The second kappa shape index (κ2) is 4.03. The molecular formula is C12H21N3O3. The first kappa shape index (κ1) is 13.0. The molecule has 0 spiro atoms. The van der Waals surface area contributed by atoms with Crippen LogP contribution in [0, 0.1) is 0 Å². The molecule has 0 saturated carbocycles. The lowest BCUT2D eigenvalue weighted by atomic mass is 9.99. The van der Waals surface area contributed by atoms with E-state index in [1.54, 1.807) is 9.80 Å². The maximum absolute atomic E-state index is 12.0. The van der Waals surface area contributed by atoms with Gasteiger partial charge in [-0.3, -0.25) is 0 Å². The summed E-state index contributed by atoms with van der Waals surface area (Å²) in [5.41, 5.74) is -0.800. The zero-order valence-electron chi connectivity index (χ0n) is 11.4. The molecule has 0 aromatic heterocycles. The fourth-order valence-electron chi connectivity index (χ4n) is 2.41. The van der Waals surface area contributed by atoms with Crippen molar-refractivity contribution in [3.63, 3.8) is 0 Å². The number of hydrogen-bond donors (Lipinski definition) is 1. The van der Waals surface area contributed by atoms with Crippen LogP contribution < -0.4 is 5.32 Å². The van der Waals surface area contributed by atoms with Gasteiger partial charge in [0.2, 0.25) is 0 Å². The van der Waals surface area contributed by atoms with Crippen molar-refractivity contribution in [2.75, 3.05) is 26.2 Å². The van der Waals surface area contributed by atoms with E-state index in [9.17, 15) is 9.59 Å². The number of urea groups is 1. The molecule has 6 nitrogen and oxygen atoms in total. The summed E-state index contributed by atoms with van der Waals surface area (Å²) in [6.07, 6.45) is -0.303. The van der Waals surface area contributed by atoms with Crippen LogP contribution in [0.25, 0.3) is 0 Å². The van der Waals surface area contributed by atoms with Crippen LogP contribution in [0.5, 0.6) is 0 Å². The summed E-state index contributed by atoms with van der Waals surface area (Å²) in [6, 6.07) is -0.0404. The third kappa shape index (κ3) is 2.37. The van der Waals surface area contributed by atoms with Gasteiger partial charge in [-0.2, -0.15) is 0 Å². The smallest absolute Gasteiger partial charge is 0.410 e. The molecule has 2 heterocycles. The summed E-state index contributed by atoms with van der Waals surface area (Å²) >= 11 is 0. The van der Waals surface area contributed by atoms with Gasteiger partial charge in [0.1, 0.15) is 5.60 Å². The minimum absolute atomic E-state index is 0.0404. The molecule has 0 aliphatic carbocycles. The number of rotatable bonds is 0. The third-order valence-corrected chi connectivity index (χ3v) is 3.29. The molecule has 0 bridgehead atoms. The van der Waals surface area contributed by atoms with E-state index in [1.165, 1.54) is 0 Å². The van der Waals surface area contributed by atoms with Gasteiger partial charge in [0.15, 0.2) is 0 Å². The first-order chi connectivity index (χ1) is 8.21. The summed E-state index contributed by atoms with van der Waals surface area (Å²) in [5, 5.41) is 2.82. The van der Waals surface area contributed by atoms with E-state index in [0.717, 1.165) is 0 Å². The lowest BCUT2D eigenvalue weighted by Gasteiger charge is -2.43. The van der Waals surface area contributed by atoms with E-state index in [2.05, 4.69) is 5.32 Å². The van der Waals surface area contributed by atoms with Crippen molar-refractivity contribution in [1.29, 1.82) is 0 Å². The van der Waals surface area contributed by atoms with E-state index in [-0.39, 0.29) is 17.7 Å². The number of amides is 3. The van der Waals surface area contributed by atoms with Gasteiger partial charge in [0, 0.05) is 26.2 Å². The Morgan fingerprint density at radius 3 is 2.67 bits per heavy atom.